The van der Waals surface area contributed by atoms with Crippen molar-refractivity contribution in [3.8, 4) is 6.07 Å². The van der Waals surface area contributed by atoms with E-state index < -0.39 is 0 Å². The van der Waals surface area contributed by atoms with E-state index in [1.807, 2.05) is 59.5 Å². The molecule has 7 nitrogen and oxygen atoms in total. The van der Waals surface area contributed by atoms with Gasteiger partial charge in [-0.1, -0.05) is 42.1 Å². The van der Waals surface area contributed by atoms with Gasteiger partial charge in [-0.15, -0.1) is 0 Å². The van der Waals surface area contributed by atoms with Crippen LogP contribution in [0.1, 0.15) is 11.6 Å². The molecule has 4 aromatic rings. The molecule has 1 aliphatic rings. The fraction of sp³-hybridized carbons (Fsp3) is 0.0476. The summed E-state index contributed by atoms with van der Waals surface area (Å²) in [6.07, 6.45) is 0. The highest BCUT2D eigenvalue weighted by Gasteiger charge is 2.34. The number of allylic oxidation sites excluding steroid dienone is 1. The number of nitriles is 1. The van der Waals surface area contributed by atoms with Gasteiger partial charge in [-0.3, -0.25) is 9.69 Å². The molecule has 0 saturated heterocycles. The highest BCUT2D eigenvalue weighted by Crippen LogP contribution is 2.49. The van der Waals surface area contributed by atoms with Crippen LogP contribution in [-0.2, 0) is 0 Å². The van der Waals surface area contributed by atoms with Gasteiger partial charge in [-0.05, 0) is 31.2 Å². The third kappa shape index (κ3) is 2.80. The van der Waals surface area contributed by atoms with Gasteiger partial charge >= 0.3 is 0 Å². The standard InChI is InChI=1S/C21H14N6OS/c1-12-23-19-17(20(28)24-12)29-21(27(19)13-7-3-2-4-8-13)14(11-22)18-25-15-9-5-6-10-16(15)26-18/h2-10H,1H3,(H,25,26)(H,23,24,28). The smallest absolute Gasteiger partial charge is 0.267 e. The van der Waals surface area contributed by atoms with Crippen LogP contribution in [0.25, 0.3) is 16.6 Å². The average molecular weight is 398 g/mol. The molecule has 0 unspecified atom stereocenters. The number of thioether (sulfide) groups is 1. The van der Waals surface area contributed by atoms with Gasteiger partial charge in [0, 0.05) is 5.69 Å². The van der Waals surface area contributed by atoms with E-state index in [-0.39, 0.29) is 5.56 Å². The van der Waals surface area contributed by atoms with E-state index in [1.54, 1.807) is 6.92 Å². The van der Waals surface area contributed by atoms with Crippen molar-refractivity contribution in [2.75, 3.05) is 4.90 Å². The maximum absolute atomic E-state index is 12.6. The number of fused-ring (bicyclic) bond motifs is 2. The van der Waals surface area contributed by atoms with Crippen LogP contribution in [0, 0.1) is 18.3 Å². The summed E-state index contributed by atoms with van der Waals surface area (Å²) >= 11 is 1.23. The Morgan fingerprint density at radius 2 is 1.83 bits per heavy atom. The van der Waals surface area contributed by atoms with Gasteiger partial charge in [0.1, 0.15) is 27.4 Å². The molecule has 29 heavy (non-hydrogen) atoms. The van der Waals surface area contributed by atoms with Crippen molar-refractivity contribution in [3.05, 3.63) is 81.6 Å². The first kappa shape index (κ1) is 17.3. The van der Waals surface area contributed by atoms with Crippen molar-refractivity contribution in [1.82, 2.24) is 19.9 Å². The van der Waals surface area contributed by atoms with E-state index in [4.69, 9.17) is 0 Å². The Balaban J connectivity index is 1.78. The first-order valence-corrected chi connectivity index (χ1v) is 9.71. The van der Waals surface area contributed by atoms with Crippen molar-refractivity contribution in [2.24, 2.45) is 0 Å². The van der Waals surface area contributed by atoms with E-state index in [0.29, 0.717) is 33.0 Å². The van der Waals surface area contributed by atoms with E-state index in [2.05, 4.69) is 26.0 Å². The maximum Gasteiger partial charge on any atom is 0.267 e. The molecule has 0 aliphatic carbocycles. The molecule has 0 atom stereocenters. The molecule has 0 bridgehead atoms. The van der Waals surface area contributed by atoms with Crippen LogP contribution in [0.5, 0.6) is 0 Å². The lowest BCUT2D eigenvalue weighted by Gasteiger charge is -2.20. The Bertz CT molecular complexity index is 1350. The summed E-state index contributed by atoms with van der Waals surface area (Å²) in [5, 5.41) is 10.6. The predicted octanol–water partition coefficient (Wildman–Crippen LogP) is 4.09. The number of hydrogen-bond donors (Lipinski definition) is 2. The van der Waals surface area contributed by atoms with Gasteiger partial charge < -0.3 is 9.97 Å². The number of aryl methyl sites for hydroxylation is 1. The van der Waals surface area contributed by atoms with Crippen LogP contribution >= 0.6 is 11.8 Å². The minimum absolute atomic E-state index is 0.227. The molecule has 0 amide bonds. The van der Waals surface area contributed by atoms with Crippen LogP contribution in [-0.4, -0.2) is 19.9 Å². The van der Waals surface area contributed by atoms with Crippen molar-refractivity contribution >= 4 is 39.9 Å². The molecule has 2 aromatic heterocycles. The number of nitrogens with zero attached hydrogens (tertiary/aromatic N) is 4. The van der Waals surface area contributed by atoms with Gasteiger partial charge in [0.2, 0.25) is 0 Å². The molecule has 2 aromatic carbocycles. The number of para-hydroxylation sites is 3. The SMILES string of the molecule is Cc1nc2c(c(=O)[nH]1)SC(=C(C#N)c1nc3ccccc3[nH]1)N2c1ccccc1. The molecule has 8 heteroatoms. The zero-order valence-corrected chi connectivity index (χ0v) is 16.1. The van der Waals surface area contributed by atoms with Crippen LogP contribution < -0.4 is 10.5 Å². The number of aromatic nitrogens is 4. The topological polar surface area (TPSA) is 101 Å². The van der Waals surface area contributed by atoms with Gasteiger partial charge in [-0.2, -0.15) is 5.26 Å². The molecule has 0 spiro atoms. The molecular weight excluding hydrogens is 384 g/mol. The first-order chi connectivity index (χ1) is 14.2. The van der Waals surface area contributed by atoms with E-state index >= 15 is 0 Å². The number of hydrogen-bond acceptors (Lipinski definition) is 6. The number of benzene rings is 2. The Morgan fingerprint density at radius 3 is 2.59 bits per heavy atom. The van der Waals surface area contributed by atoms with Crippen molar-refractivity contribution in [2.45, 2.75) is 11.8 Å². The molecule has 0 radical (unpaired) electrons. The molecular formula is C21H14N6OS. The van der Waals surface area contributed by atoms with Crippen molar-refractivity contribution in [1.29, 1.82) is 5.26 Å². The Hall–Kier alpha value is -3.83. The summed E-state index contributed by atoms with van der Waals surface area (Å²) < 4.78 is 0. The molecule has 1 aliphatic heterocycles. The molecule has 2 N–H and O–H groups in total. The van der Waals surface area contributed by atoms with Crippen molar-refractivity contribution in [3.63, 3.8) is 0 Å². The quantitative estimate of drug-likeness (QED) is 0.493. The second-order valence-electron chi connectivity index (χ2n) is 6.47. The summed E-state index contributed by atoms with van der Waals surface area (Å²) in [7, 11) is 0. The highest BCUT2D eigenvalue weighted by atomic mass is 32.2. The average Bonchev–Trinajstić information content (AvgIpc) is 3.31. The monoisotopic (exact) mass is 398 g/mol. The van der Waals surface area contributed by atoms with Gasteiger partial charge in [-0.25, -0.2) is 9.97 Å². The summed E-state index contributed by atoms with van der Waals surface area (Å²) in [6.45, 7) is 1.74. The fourth-order valence-electron chi connectivity index (χ4n) is 3.29. The lowest BCUT2D eigenvalue weighted by Crippen LogP contribution is -2.17. The summed E-state index contributed by atoms with van der Waals surface area (Å²) in [4.78, 5) is 29.9. The fourth-order valence-corrected chi connectivity index (χ4v) is 4.39. The summed E-state index contributed by atoms with van der Waals surface area (Å²) in [5.41, 5.74) is 2.56. The molecule has 3 heterocycles. The summed E-state index contributed by atoms with van der Waals surface area (Å²) in [6, 6.07) is 19.4. The van der Waals surface area contributed by atoms with Gasteiger partial charge in [0.25, 0.3) is 5.56 Å². The second kappa shape index (κ2) is 6.65. The van der Waals surface area contributed by atoms with E-state index in [9.17, 15) is 10.1 Å². The van der Waals surface area contributed by atoms with E-state index in [0.717, 1.165) is 16.7 Å². The molecule has 140 valence electrons. The predicted molar refractivity (Wildman–Crippen MR) is 113 cm³/mol. The zero-order chi connectivity index (χ0) is 20.0. The largest absolute Gasteiger partial charge is 0.337 e. The van der Waals surface area contributed by atoms with Crippen molar-refractivity contribution < 1.29 is 0 Å². The van der Waals surface area contributed by atoms with Crippen LogP contribution in [0.3, 0.4) is 0 Å². The minimum Gasteiger partial charge on any atom is -0.337 e. The number of rotatable bonds is 2. The number of anilines is 2. The van der Waals surface area contributed by atoms with Gasteiger partial charge in [0.15, 0.2) is 11.6 Å². The third-order valence-corrected chi connectivity index (χ3v) is 5.71. The number of imidazole rings is 1. The normalized spacial score (nSPS) is 14.7. The van der Waals surface area contributed by atoms with Crippen LogP contribution in [0.15, 0.2) is 69.3 Å². The van der Waals surface area contributed by atoms with Gasteiger partial charge in [0.05, 0.1) is 11.0 Å². The molecule has 0 fully saturated rings. The maximum atomic E-state index is 12.6. The van der Waals surface area contributed by atoms with E-state index in [1.165, 1.54) is 11.8 Å². The summed E-state index contributed by atoms with van der Waals surface area (Å²) in [5.74, 6) is 1.48. The number of aromatic amines is 2. The number of nitrogens with one attached hydrogen (secondary N) is 2. The Kier molecular flexibility index (Phi) is 3.96. The molecule has 0 saturated carbocycles. The lowest BCUT2D eigenvalue weighted by molar-refractivity contribution is 0.957. The Labute approximate surface area is 169 Å². The zero-order valence-electron chi connectivity index (χ0n) is 15.3. The van der Waals surface area contributed by atoms with Crippen LogP contribution in [0.2, 0.25) is 0 Å². The second-order valence-corrected chi connectivity index (χ2v) is 7.47. The molecule has 5 rings (SSSR count). The minimum atomic E-state index is -0.227. The Morgan fingerprint density at radius 1 is 1.07 bits per heavy atom. The highest BCUT2D eigenvalue weighted by molar-refractivity contribution is 8.04. The lowest BCUT2D eigenvalue weighted by atomic mass is 10.2. The first-order valence-electron chi connectivity index (χ1n) is 8.89. The number of H-pyrrole nitrogens is 2. The third-order valence-electron chi connectivity index (χ3n) is 4.56. The van der Waals surface area contributed by atoms with Crippen LogP contribution in [0.4, 0.5) is 11.5 Å².